The molecule has 0 spiro atoms. The third kappa shape index (κ3) is 4.44. The van der Waals surface area contributed by atoms with E-state index in [9.17, 15) is 4.79 Å². The molecule has 4 rings (SSSR count). The Hall–Kier alpha value is -3.38. The highest BCUT2D eigenvalue weighted by Crippen LogP contribution is 2.21. The van der Waals surface area contributed by atoms with E-state index in [-0.39, 0.29) is 5.91 Å². The van der Waals surface area contributed by atoms with Gasteiger partial charge in [0.15, 0.2) is 0 Å². The van der Waals surface area contributed by atoms with Crippen molar-refractivity contribution >= 4 is 17.7 Å². The maximum Gasteiger partial charge on any atom is 0.251 e. The lowest BCUT2D eigenvalue weighted by Crippen LogP contribution is -2.23. The van der Waals surface area contributed by atoms with Crippen LogP contribution in [0.5, 0.6) is 0 Å². The molecule has 6 heteroatoms. The Kier molecular flexibility index (Phi) is 5.95. The van der Waals surface area contributed by atoms with Gasteiger partial charge in [0.2, 0.25) is 0 Å². The summed E-state index contributed by atoms with van der Waals surface area (Å²) in [5.74, 6) is -0.106. The molecule has 2 aromatic carbocycles. The zero-order valence-corrected chi connectivity index (χ0v) is 17.7. The lowest BCUT2D eigenvalue weighted by Gasteiger charge is -2.08. The third-order valence-corrected chi connectivity index (χ3v) is 5.70. The van der Waals surface area contributed by atoms with Gasteiger partial charge in [-0.2, -0.15) is 5.10 Å². The molecule has 0 saturated carbocycles. The summed E-state index contributed by atoms with van der Waals surface area (Å²) in [6, 6.07) is 21.6. The first-order chi connectivity index (χ1) is 14.6. The quantitative estimate of drug-likeness (QED) is 0.456. The number of hydrogen-bond donors (Lipinski definition) is 1. The standard InChI is InChI=1S/C24H22N4OS/c1-17-8-9-19(15-23(17)30-2)24(29)26-16-20-14-18(10-12-25-20)22-11-13-28(27-22)21-6-4-3-5-7-21/h3-15H,16H2,1-2H3,(H,26,29). The molecule has 1 N–H and O–H groups in total. The summed E-state index contributed by atoms with van der Waals surface area (Å²) in [6.45, 7) is 2.40. The van der Waals surface area contributed by atoms with Crippen LogP contribution in [-0.2, 0) is 6.54 Å². The van der Waals surface area contributed by atoms with E-state index in [1.807, 2.05) is 90.8 Å². The largest absolute Gasteiger partial charge is 0.346 e. The van der Waals surface area contributed by atoms with Gasteiger partial charge in [-0.25, -0.2) is 4.68 Å². The van der Waals surface area contributed by atoms with Crippen molar-refractivity contribution in [3.63, 3.8) is 0 Å². The highest BCUT2D eigenvalue weighted by molar-refractivity contribution is 7.98. The van der Waals surface area contributed by atoms with Gasteiger partial charge in [0.25, 0.3) is 5.91 Å². The third-order valence-electron chi connectivity index (χ3n) is 4.82. The second kappa shape index (κ2) is 8.97. The molecular formula is C24H22N4OS. The Balaban J connectivity index is 1.46. The second-order valence-corrected chi connectivity index (χ2v) is 7.73. The van der Waals surface area contributed by atoms with Crippen LogP contribution in [0, 0.1) is 6.92 Å². The number of aromatic nitrogens is 3. The molecule has 2 heterocycles. The Morgan fingerprint density at radius 3 is 2.70 bits per heavy atom. The zero-order valence-electron chi connectivity index (χ0n) is 16.9. The van der Waals surface area contributed by atoms with Crippen LogP contribution in [0.2, 0.25) is 0 Å². The summed E-state index contributed by atoms with van der Waals surface area (Å²) in [6.07, 6.45) is 5.70. The fourth-order valence-electron chi connectivity index (χ4n) is 3.17. The van der Waals surface area contributed by atoms with Gasteiger partial charge in [-0.05, 0) is 61.2 Å². The van der Waals surface area contributed by atoms with Crippen LogP contribution < -0.4 is 5.32 Å². The van der Waals surface area contributed by atoms with Crippen molar-refractivity contribution in [3.8, 4) is 16.9 Å². The summed E-state index contributed by atoms with van der Waals surface area (Å²) < 4.78 is 1.85. The van der Waals surface area contributed by atoms with E-state index in [2.05, 4.69) is 15.4 Å². The van der Waals surface area contributed by atoms with Gasteiger partial charge in [0.05, 0.1) is 23.6 Å². The van der Waals surface area contributed by atoms with E-state index in [0.717, 1.165) is 27.5 Å². The summed E-state index contributed by atoms with van der Waals surface area (Å²) in [4.78, 5) is 18.0. The number of hydrogen-bond acceptors (Lipinski definition) is 4. The highest BCUT2D eigenvalue weighted by atomic mass is 32.2. The van der Waals surface area contributed by atoms with Gasteiger partial charge in [-0.3, -0.25) is 9.78 Å². The van der Waals surface area contributed by atoms with E-state index < -0.39 is 0 Å². The number of benzene rings is 2. The Bertz CT molecular complexity index is 1170. The van der Waals surface area contributed by atoms with Gasteiger partial charge >= 0.3 is 0 Å². The van der Waals surface area contributed by atoms with E-state index in [0.29, 0.717) is 12.1 Å². The van der Waals surface area contributed by atoms with Crippen molar-refractivity contribution in [2.75, 3.05) is 6.26 Å². The number of nitrogens with one attached hydrogen (secondary N) is 1. The monoisotopic (exact) mass is 414 g/mol. The van der Waals surface area contributed by atoms with Crippen molar-refractivity contribution < 1.29 is 4.79 Å². The maximum absolute atomic E-state index is 12.5. The van der Waals surface area contributed by atoms with Crippen LogP contribution in [0.1, 0.15) is 21.6 Å². The van der Waals surface area contributed by atoms with Crippen LogP contribution in [0.3, 0.4) is 0 Å². The lowest BCUT2D eigenvalue weighted by molar-refractivity contribution is 0.0950. The molecular weight excluding hydrogens is 392 g/mol. The Morgan fingerprint density at radius 2 is 1.90 bits per heavy atom. The molecule has 0 fully saturated rings. The molecule has 0 saturated heterocycles. The number of rotatable bonds is 6. The number of pyridine rings is 1. The molecule has 0 aliphatic rings. The normalized spacial score (nSPS) is 10.7. The molecule has 0 aliphatic carbocycles. The molecule has 0 bridgehead atoms. The van der Waals surface area contributed by atoms with Crippen molar-refractivity contribution in [2.45, 2.75) is 18.4 Å². The maximum atomic E-state index is 12.5. The molecule has 1 amide bonds. The topological polar surface area (TPSA) is 59.8 Å². The number of amides is 1. The average molecular weight is 415 g/mol. The molecule has 150 valence electrons. The number of carbonyl (C=O) groups is 1. The van der Waals surface area contributed by atoms with Gasteiger partial charge in [0.1, 0.15) is 0 Å². The van der Waals surface area contributed by atoms with Gasteiger partial charge in [-0.15, -0.1) is 11.8 Å². The number of nitrogens with zero attached hydrogens (tertiary/aromatic N) is 3. The van der Waals surface area contributed by atoms with E-state index in [4.69, 9.17) is 0 Å². The van der Waals surface area contributed by atoms with Gasteiger partial charge in [-0.1, -0.05) is 24.3 Å². The predicted molar refractivity (Wildman–Crippen MR) is 121 cm³/mol. The lowest BCUT2D eigenvalue weighted by atomic mass is 10.1. The summed E-state index contributed by atoms with van der Waals surface area (Å²) in [5, 5.41) is 7.62. The smallest absolute Gasteiger partial charge is 0.251 e. The number of thioether (sulfide) groups is 1. The highest BCUT2D eigenvalue weighted by Gasteiger charge is 2.10. The second-order valence-electron chi connectivity index (χ2n) is 6.88. The minimum Gasteiger partial charge on any atom is -0.346 e. The number of carbonyl (C=O) groups excluding carboxylic acids is 1. The van der Waals surface area contributed by atoms with Crippen LogP contribution in [-0.4, -0.2) is 26.9 Å². The van der Waals surface area contributed by atoms with Crippen molar-refractivity contribution in [3.05, 3.63) is 95.9 Å². The fraction of sp³-hybridized carbons (Fsp3) is 0.125. The van der Waals surface area contributed by atoms with E-state index >= 15 is 0 Å². The average Bonchev–Trinajstić information content (AvgIpc) is 3.29. The molecule has 0 atom stereocenters. The minimum atomic E-state index is -0.106. The van der Waals surface area contributed by atoms with Crippen LogP contribution >= 0.6 is 11.8 Å². The first-order valence-corrected chi connectivity index (χ1v) is 10.9. The first kappa shape index (κ1) is 19.9. The molecule has 2 aromatic heterocycles. The Labute approximate surface area is 180 Å². The van der Waals surface area contributed by atoms with Crippen LogP contribution in [0.4, 0.5) is 0 Å². The molecule has 0 unspecified atom stereocenters. The van der Waals surface area contributed by atoms with E-state index in [1.165, 1.54) is 5.56 Å². The fourth-order valence-corrected chi connectivity index (χ4v) is 3.81. The molecule has 0 radical (unpaired) electrons. The van der Waals surface area contributed by atoms with Gasteiger partial charge in [0, 0.05) is 28.4 Å². The summed E-state index contributed by atoms with van der Waals surface area (Å²) in [5.41, 5.74) is 5.44. The van der Waals surface area contributed by atoms with Crippen molar-refractivity contribution in [1.29, 1.82) is 0 Å². The molecule has 4 aromatic rings. The number of aryl methyl sites for hydroxylation is 1. The SMILES string of the molecule is CSc1cc(C(=O)NCc2cc(-c3ccn(-c4ccccc4)n3)ccn2)ccc1C. The van der Waals surface area contributed by atoms with Gasteiger partial charge < -0.3 is 5.32 Å². The Morgan fingerprint density at radius 1 is 1.07 bits per heavy atom. The van der Waals surface area contributed by atoms with Crippen molar-refractivity contribution in [2.24, 2.45) is 0 Å². The van der Waals surface area contributed by atoms with E-state index in [1.54, 1.807) is 18.0 Å². The van der Waals surface area contributed by atoms with Crippen molar-refractivity contribution in [1.82, 2.24) is 20.1 Å². The van der Waals surface area contributed by atoms with Crippen LogP contribution in [0.15, 0.2) is 84.0 Å². The predicted octanol–water partition coefficient (Wildman–Crippen LogP) is 4.89. The molecule has 0 aliphatic heterocycles. The molecule has 5 nitrogen and oxygen atoms in total. The van der Waals surface area contributed by atoms with Crippen LogP contribution in [0.25, 0.3) is 16.9 Å². The summed E-state index contributed by atoms with van der Waals surface area (Å²) in [7, 11) is 0. The first-order valence-electron chi connectivity index (χ1n) is 9.63. The number of para-hydroxylation sites is 1. The minimum absolute atomic E-state index is 0.106. The zero-order chi connectivity index (χ0) is 20.9. The summed E-state index contributed by atoms with van der Waals surface area (Å²) >= 11 is 1.64. The molecule has 30 heavy (non-hydrogen) atoms.